The molecule has 0 radical (unpaired) electrons. The standard InChI is InChI=1S/C5H12O4P2/c1-10(6)3-2-5(4-10)11(7,8)9/h5H,2-4H2,1H3,(H2,7,8,9)/t5-,10-/m0/s1. The predicted molar refractivity (Wildman–Crippen MR) is 43.7 cm³/mol. The zero-order valence-electron chi connectivity index (χ0n) is 6.30. The van der Waals surface area contributed by atoms with E-state index in [0.717, 1.165) is 0 Å². The summed E-state index contributed by atoms with van der Waals surface area (Å²) in [6.07, 6.45) is 1.12. The highest BCUT2D eigenvalue weighted by Gasteiger charge is 2.39. The van der Waals surface area contributed by atoms with E-state index in [1.54, 1.807) is 6.66 Å². The molecule has 0 aromatic rings. The molecule has 2 N–H and O–H groups in total. The molecule has 1 saturated heterocycles. The average Bonchev–Trinajstić information content (AvgIpc) is 2.07. The normalized spacial score (nSPS) is 39.4. The van der Waals surface area contributed by atoms with Gasteiger partial charge in [-0.25, -0.2) is 0 Å². The summed E-state index contributed by atoms with van der Waals surface area (Å²) in [6.45, 7) is 1.61. The highest BCUT2D eigenvalue weighted by molar-refractivity contribution is 7.65. The maximum atomic E-state index is 11.3. The van der Waals surface area contributed by atoms with E-state index >= 15 is 0 Å². The van der Waals surface area contributed by atoms with Gasteiger partial charge >= 0.3 is 7.60 Å². The minimum atomic E-state index is -3.97. The molecule has 0 bridgehead atoms. The summed E-state index contributed by atoms with van der Waals surface area (Å²) in [7, 11) is -6.15. The first-order chi connectivity index (χ1) is 4.81. The number of rotatable bonds is 1. The van der Waals surface area contributed by atoms with Crippen molar-refractivity contribution in [2.24, 2.45) is 0 Å². The Balaban J connectivity index is 2.70. The molecular weight excluding hydrogens is 186 g/mol. The van der Waals surface area contributed by atoms with Crippen molar-refractivity contribution in [1.82, 2.24) is 0 Å². The van der Waals surface area contributed by atoms with Crippen molar-refractivity contribution >= 4 is 14.7 Å². The Kier molecular flexibility index (Phi) is 2.33. The van der Waals surface area contributed by atoms with E-state index in [1.807, 2.05) is 0 Å². The molecule has 1 aliphatic heterocycles. The lowest BCUT2D eigenvalue weighted by Crippen LogP contribution is -2.05. The van der Waals surface area contributed by atoms with Gasteiger partial charge in [-0.3, -0.25) is 4.57 Å². The van der Waals surface area contributed by atoms with Gasteiger partial charge < -0.3 is 14.4 Å². The maximum Gasteiger partial charge on any atom is 0.329 e. The first-order valence-corrected chi connectivity index (χ1v) is 7.63. The average molecular weight is 198 g/mol. The van der Waals surface area contributed by atoms with Crippen molar-refractivity contribution in [3.63, 3.8) is 0 Å². The second-order valence-corrected chi connectivity index (χ2v) is 8.55. The fraction of sp³-hybridized carbons (Fsp3) is 1.00. The van der Waals surface area contributed by atoms with Crippen LogP contribution in [0.1, 0.15) is 6.42 Å². The van der Waals surface area contributed by atoms with Crippen LogP contribution in [0.2, 0.25) is 0 Å². The number of hydrogen-bond acceptors (Lipinski definition) is 2. The van der Waals surface area contributed by atoms with E-state index in [9.17, 15) is 9.13 Å². The fourth-order valence-corrected chi connectivity index (χ4v) is 6.00. The maximum absolute atomic E-state index is 11.3. The van der Waals surface area contributed by atoms with Gasteiger partial charge in [0.15, 0.2) is 0 Å². The Bertz CT molecular complexity index is 243. The van der Waals surface area contributed by atoms with Crippen LogP contribution in [0.15, 0.2) is 0 Å². The molecular formula is C5H12O4P2. The van der Waals surface area contributed by atoms with E-state index in [0.29, 0.717) is 12.6 Å². The molecule has 11 heavy (non-hydrogen) atoms. The molecule has 1 fully saturated rings. The van der Waals surface area contributed by atoms with Gasteiger partial charge in [-0.2, -0.15) is 0 Å². The molecule has 0 aromatic heterocycles. The molecule has 2 atom stereocenters. The van der Waals surface area contributed by atoms with Gasteiger partial charge in [-0.1, -0.05) is 0 Å². The van der Waals surface area contributed by atoms with E-state index in [4.69, 9.17) is 9.79 Å². The number of hydrogen-bond donors (Lipinski definition) is 2. The molecule has 0 saturated carbocycles. The van der Waals surface area contributed by atoms with Gasteiger partial charge in [-0.15, -0.1) is 0 Å². The van der Waals surface area contributed by atoms with E-state index in [-0.39, 0.29) is 6.16 Å². The van der Waals surface area contributed by atoms with E-state index in [2.05, 4.69) is 0 Å². The molecule has 0 spiro atoms. The van der Waals surface area contributed by atoms with Gasteiger partial charge in [0, 0.05) is 12.3 Å². The molecule has 1 aliphatic rings. The van der Waals surface area contributed by atoms with Crippen LogP contribution in [0.25, 0.3) is 0 Å². The minimum Gasteiger partial charge on any atom is -0.324 e. The Hall–Kier alpha value is 0.380. The molecule has 6 heteroatoms. The smallest absolute Gasteiger partial charge is 0.324 e. The van der Waals surface area contributed by atoms with Crippen molar-refractivity contribution in [3.8, 4) is 0 Å². The summed E-state index contributed by atoms with van der Waals surface area (Å²) >= 11 is 0. The Morgan fingerprint density at radius 3 is 2.27 bits per heavy atom. The lowest BCUT2D eigenvalue weighted by Gasteiger charge is -2.10. The highest BCUT2D eigenvalue weighted by atomic mass is 31.2. The molecule has 0 unspecified atom stereocenters. The minimum absolute atomic E-state index is 0.220. The van der Waals surface area contributed by atoms with Crippen molar-refractivity contribution < 1.29 is 18.9 Å². The van der Waals surface area contributed by atoms with Gasteiger partial charge in [0.05, 0.1) is 12.8 Å². The van der Waals surface area contributed by atoms with Crippen LogP contribution in [0, 0.1) is 0 Å². The van der Waals surface area contributed by atoms with Gasteiger partial charge in [-0.05, 0) is 13.1 Å². The van der Waals surface area contributed by atoms with Crippen molar-refractivity contribution in [3.05, 3.63) is 0 Å². The summed E-state index contributed by atoms with van der Waals surface area (Å²) in [5, 5.41) is 0. The molecule has 0 aromatic carbocycles. The molecule has 1 rings (SSSR count). The quantitative estimate of drug-likeness (QED) is 0.614. The molecule has 1 heterocycles. The zero-order chi connectivity index (χ0) is 8.70. The van der Waals surface area contributed by atoms with Crippen LogP contribution in [0.4, 0.5) is 0 Å². The largest absolute Gasteiger partial charge is 0.329 e. The second-order valence-electron chi connectivity index (χ2n) is 3.23. The fourth-order valence-electron chi connectivity index (χ4n) is 1.33. The highest BCUT2D eigenvalue weighted by Crippen LogP contribution is 2.58. The first kappa shape index (κ1) is 9.47. The van der Waals surface area contributed by atoms with Gasteiger partial charge in [0.25, 0.3) is 0 Å². The van der Waals surface area contributed by atoms with Crippen LogP contribution in [0.5, 0.6) is 0 Å². The lowest BCUT2D eigenvalue weighted by molar-refractivity contribution is 0.361. The topological polar surface area (TPSA) is 74.6 Å². The Morgan fingerprint density at radius 2 is 2.09 bits per heavy atom. The van der Waals surface area contributed by atoms with Crippen molar-refractivity contribution in [2.75, 3.05) is 19.0 Å². The van der Waals surface area contributed by atoms with Crippen molar-refractivity contribution in [1.29, 1.82) is 0 Å². The van der Waals surface area contributed by atoms with E-state index in [1.165, 1.54) is 0 Å². The van der Waals surface area contributed by atoms with Crippen molar-refractivity contribution in [2.45, 2.75) is 12.1 Å². The monoisotopic (exact) mass is 198 g/mol. The summed E-state index contributed by atoms with van der Waals surface area (Å²) in [5.41, 5.74) is -0.640. The predicted octanol–water partition coefficient (Wildman–Crippen LogP) is 0.929. The van der Waals surface area contributed by atoms with Gasteiger partial charge in [0.2, 0.25) is 0 Å². The van der Waals surface area contributed by atoms with Gasteiger partial charge in [0.1, 0.15) is 0 Å². The lowest BCUT2D eigenvalue weighted by atomic mass is 10.4. The van der Waals surface area contributed by atoms with Crippen LogP contribution in [-0.2, 0) is 9.13 Å². The molecule has 0 amide bonds. The Labute approximate surface area is 65.5 Å². The second kappa shape index (κ2) is 2.70. The molecule has 0 aliphatic carbocycles. The van der Waals surface area contributed by atoms with Crippen LogP contribution >= 0.6 is 14.7 Å². The Morgan fingerprint density at radius 1 is 1.55 bits per heavy atom. The van der Waals surface area contributed by atoms with Crippen LogP contribution in [-0.4, -0.2) is 34.4 Å². The zero-order valence-corrected chi connectivity index (χ0v) is 8.09. The third-order valence-corrected chi connectivity index (χ3v) is 6.11. The summed E-state index contributed by atoms with van der Waals surface area (Å²) < 4.78 is 22.0. The summed E-state index contributed by atoms with van der Waals surface area (Å²) in [6, 6.07) is 0. The van der Waals surface area contributed by atoms with Crippen LogP contribution in [0.3, 0.4) is 0 Å². The van der Waals surface area contributed by atoms with E-state index < -0.39 is 20.4 Å². The summed E-state index contributed by atoms with van der Waals surface area (Å²) in [5.74, 6) is 0. The van der Waals surface area contributed by atoms with Crippen LogP contribution < -0.4 is 0 Å². The molecule has 66 valence electrons. The third-order valence-electron chi connectivity index (χ3n) is 2.01. The molecule has 4 nitrogen and oxygen atoms in total. The third kappa shape index (κ3) is 2.41. The first-order valence-electron chi connectivity index (χ1n) is 3.42. The SMILES string of the molecule is C[P@]1(=O)CC[C@H](P(=O)(O)O)C1. The summed E-state index contributed by atoms with van der Waals surface area (Å²) in [4.78, 5) is 17.5.